The van der Waals surface area contributed by atoms with Crippen molar-refractivity contribution >= 4 is 27.3 Å². The average Bonchev–Trinajstić information content (AvgIpc) is 2.85. The number of aryl methyl sites for hydroxylation is 2. The zero-order valence-electron chi connectivity index (χ0n) is 12.0. The molecule has 0 amide bonds. The number of hydrogen-bond acceptors (Lipinski definition) is 3. The molecule has 0 saturated carbocycles. The Labute approximate surface area is 133 Å². The minimum Gasteiger partial charge on any atom is -0.483 e. The van der Waals surface area contributed by atoms with Crippen LogP contribution in [0.1, 0.15) is 35.5 Å². The summed E-state index contributed by atoms with van der Waals surface area (Å²) < 4.78 is 7.32. The van der Waals surface area contributed by atoms with E-state index in [1.165, 1.54) is 5.56 Å². The summed E-state index contributed by atoms with van der Waals surface area (Å²) in [5, 5.41) is 2.07. The summed E-state index contributed by atoms with van der Waals surface area (Å²) in [4.78, 5) is 1.16. The third-order valence-electron chi connectivity index (χ3n) is 3.33. The molecule has 0 aliphatic rings. The molecule has 2 N–H and O–H groups in total. The molecule has 0 saturated heterocycles. The number of hydrogen-bond donors (Lipinski definition) is 1. The van der Waals surface area contributed by atoms with Crippen LogP contribution >= 0.6 is 27.3 Å². The first-order chi connectivity index (χ1) is 9.51. The van der Waals surface area contributed by atoms with Crippen LogP contribution in [0.15, 0.2) is 34.1 Å². The van der Waals surface area contributed by atoms with E-state index >= 15 is 0 Å². The summed E-state index contributed by atoms with van der Waals surface area (Å²) in [6.45, 7) is 6.23. The van der Waals surface area contributed by atoms with E-state index in [-0.39, 0.29) is 12.1 Å². The summed E-state index contributed by atoms with van der Waals surface area (Å²) in [7, 11) is 0. The van der Waals surface area contributed by atoms with Gasteiger partial charge < -0.3 is 10.5 Å². The fraction of sp³-hybridized carbons (Fsp3) is 0.375. The number of halogens is 1. The monoisotopic (exact) mass is 353 g/mol. The molecular formula is C16H20BrNOS. The predicted molar refractivity (Wildman–Crippen MR) is 89.6 cm³/mol. The van der Waals surface area contributed by atoms with Gasteiger partial charge in [-0.05, 0) is 59.5 Å². The Hall–Kier alpha value is -0.840. The standard InChI is InChI=1S/C16H20BrNOS/c1-4-13(18)16(15-8-12(17)9-20-15)19-14-7-10(2)5-6-11(14)3/h5-9,13,16H,4,18H2,1-3H3. The second-order valence-electron chi connectivity index (χ2n) is 5.05. The number of thiophene rings is 1. The molecule has 0 fully saturated rings. The van der Waals surface area contributed by atoms with Gasteiger partial charge >= 0.3 is 0 Å². The highest BCUT2D eigenvalue weighted by Gasteiger charge is 2.23. The van der Waals surface area contributed by atoms with Crippen LogP contribution < -0.4 is 10.5 Å². The van der Waals surface area contributed by atoms with Crippen LogP contribution in [0, 0.1) is 13.8 Å². The first-order valence-corrected chi connectivity index (χ1v) is 8.42. The normalized spacial score (nSPS) is 14.1. The fourth-order valence-electron chi connectivity index (χ4n) is 2.02. The molecule has 2 unspecified atom stereocenters. The molecular weight excluding hydrogens is 334 g/mol. The summed E-state index contributed by atoms with van der Waals surface area (Å²) >= 11 is 5.18. The summed E-state index contributed by atoms with van der Waals surface area (Å²) in [6, 6.07) is 8.34. The van der Waals surface area contributed by atoms with E-state index in [4.69, 9.17) is 10.5 Å². The zero-order chi connectivity index (χ0) is 14.7. The highest BCUT2D eigenvalue weighted by Crippen LogP contribution is 2.33. The molecule has 0 aliphatic heterocycles. The molecule has 20 heavy (non-hydrogen) atoms. The first kappa shape index (κ1) is 15.5. The SMILES string of the molecule is CCC(N)C(Oc1cc(C)ccc1C)c1cc(Br)cs1. The van der Waals surface area contributed by atoms with Gasteiger partial charge in [0.25, 0.3) is 0 Å². The molecule has 1 aromatic carbocycles. The lowest BCUT2D eigenvalue weighted by Crippen LogP contribution is -2.31. The Balaban J connectivity index is 2.30. The van der Waals surface area contributed by atoms with Crippen LogP contribution in [0.3, 0.4) is 0 Å². The summed E-state index contributed by atoms with van der Waals surface area (Å²) in [6.07, 6.45) is 0.780. The number of benzene rings is 1. The van der Waals surface area contributed by atoms with Gasteiger partial charge in [-0.2, -0.15) is 0 Å². The summed E-state index contributed by atoms with van der Waals surface area (Å²) in [5.74, 6) is 0.920. The van der Waals surface area contributed by atoms with Crippen molar-refractivity contribution in [3.8, 4) is 5.75 Å². The maximum Gasteiger partial charge on any atom is 0.148 e. The van der Waals surface area contributed by atoms with Crippen molar-refractivity contribution in [1.29, 1.82) is 0 Å². The van der Waals surface area contributed by atoms with Crippen LogP contribution in [-0.4, -0.2) is 6.04 Å². The topological polar surface area (TPSA) is 35.2 Å². The van der Waals surface area contributed by atoms with Gasteiger partial charge in [0, 0.05) is 20.8 Å². The van der Waals surface area contributed by atoms with Crippen LogP contribution in [0.4, 0.5) is 0 Å². The van der Waals surface area contributed by atoms with Crippen molar-refractivity contribution in [2.45, 2.75) is 39.3 Å². The molecule has 2 nitrogen and oxygen atoms in total. The van der Waals surface area contributed by atoms with Crippen molar-refractivity contribution in [3.63, 3.8) is 0 Å². The van der Waals surface area contributed by atoms with E-state index < -0.39 is 0 Å². The van der Waals surface area contributed by atoms with Gasteiger partial charge in [0.1, 0.15) is 11.9 Å². The quantitative estimate of drug-likeness (QED) is 0.821. The van der Waals surface area contributed by atoms with Crippen molar-refractivity contribution in [2.24, 2.45) is 5.73 Å². The largest absolute Gasteiger partial charge is 0.483 e. The summed E-state index contributed by atoms with van der Waals surface area (Å²) in [5.41, 5.74) is 8.60. The average molecular weight is 354 g/mol. The van der Waals surface area contributed by atoms with Gasteiger partial charge in [0.05, 0.1) is 0 Å². The van der Waals surface area contributed by atoms with Crippen LogP contribution in [0.25, 0.3) is 0 Å². The Bertz CT molecular complexity index is 582. The molecule has 1 heterocycles. The van der Waals surface area contributed by atoms with Gasteiger partial charge in [-0.15, -0.1) is 11.3 Å². The molecule has 0 radical (unpaired) electrons. The van der Waals surface area contributed by atoms with Gasteiger partial charge in [-0.1, -0.05) is 19.1 Å². The van der Waals surface area contributed by atoms with E-state index in [2.05, 4.69) is 66.3 Å². The lowest BCUT2D eigenvalue weighted by molar-refractivity contribution is 0.173. The van der Waals surface area contributed by atoms with Crippen molar-refractivity contribution in [1.82, 2.24) is 0 Å². The van der Waals surface area contributed by atoms with E-state index in [1.54, 1.807) is 11.3 Å². The first-order valence-electron chi connectivity index (χ1n) is 6.74. The predicted octanol–water partition coefficient (Wildman–Crippen LogP) is 4.98. The molecule has 0 spiro atoms. The highest BCUT2D eigenvalue weighted by atomic mass is 79.9. The molecule has 108 valence electrons. The Morgan fingerprint density at radius 2 is 2.05 bits per heavy atom. The second-order valence-corrected chi connectivity index (χ2v) is 6.91. The molecule has 0 aliphatic carbocycles. The van der Waals surface area contributed by atoms with Crippen molar-refractivity contribution in [3.05, 3.63) is 50.1 Å². The molecule has 2 aromatic rings. The molecule has 4 heteroatoms. The number of nitrogens with two attached hydrogens (primary N) is 1. The molecule has 2 rings (SSSR count). The maximum atomic E-state index is 6.26. The van der Waals surface area contributed by atoms with Gasteiger partial charge in [0.15, 0.2) is 0 Å². The lowest BCUT2D eigenvalue weighted by atomic mass is 10.1. The minimum absolute atomic E-state index is 0.0135. The third-order valence-corrected chi connectivity index (χ3v) is 5.08. The van der Waals surface area contributed by atoms with Gasteiger partial charge in [-0.3, -0.25) is 0 Å². The van der Waals surface area contributed by atoms with Gasteiger partial charge in [-0.25, -0.2) is 0 Å². The Morgan fingerprint density at radius 1 is 1.30 bits per heavy atom. The van der Waals surface area contributed by atoms with E-state index in [0.29, 0.717) is 0 Å². The van der Waals surface area contributed by atoms with Crippen molar-refractivity contribution < 1.29 is 4.74 Å². The third kappa shape index (κ3) is 3.62. The Kier molecular flexibility index (Phi) is 5.24. The van der Waals surface area contributed by atoms with Crippen LogP contribution in [-0.2, 0) is 0 Å². The number of ether oxygens (including phenoxy) is 1. The minimum atomic E-state index is -0.100. The van der Waals surface area contributed by atoms with Crippen LogP contribution in [0.5, 0.6) is 5.75 Å². The molecule has 2 atom stereocenters. The highest BCUT2D eigenvalue weighted by molar-refractivity contribution is 9.10. The lowest BCUT2D eigenvalue weighted by Gasteiger charge is -2.24. The van der Waals surface area contributed by atoms with Gasteiger partial charge in [0.2, 0.25) is 0 Å². The maximum absolute atomic E-state index is 6.26. The van der Waals surface area contributed by atoms with E-state index in [0.717, 1.165) is 27.1 Å². The Morgan fingerprint density at radius 3 is 2.65 bits per heavy atom. The van der Waals surface area contributed by atoms with Crippen molar-refractivity contribution in [2.75, 3.05) is 0 Å². The van der Waals surface area contributed by atoms with Crippen LogP contribution in [0.2, 0.25) is 0 Å². The zero-order valence-corrected chi connectivity index (χ0v) is 14.4. The number of rotatable bonds is 5. The fourth-order valence-corrected chi connectivity index (χ4v) is 3.57. The van der Waals surface area contributed by atoms with E-state index in [9.17, 15) is 0 Å². The smallest absolute Gasteiger partial charge is 0.148 e. The van der Waals surface area contributed by atoms with E-state index in [1.807, 2.05) is 0 Å². The molecule has 0 bridgehead atoms. The molecule has 1 aromatic heterocycles. The second kappa shape index (κ2) is 6.74.